The fourth-order valence-electron chi connectivity index (χ4n) is 0.696. The molecule has 1 aliphatic rings. The maximum absolute atomic E-state index is 5.29. The summed E-state index contributed by atoms with van der Waals surface area (Å²) < 4.78 is 0. The van der Waals surface area contributed by atoms with Gasteiger partial charge in [0.15, 0.2) is 0 Å². The number of nitrogens with two attached hydrogens (primary N) is 1. The smallest absolute Gasteiger partial charge is 0.124 e. The molecular weight excluding hydrogens is 128 g/mol. The quantitative estimate of drug-likeness (QED) is 0.545. The van der Waals surface area contributed by atoms with Crippen molar-refractivity contribution in [1.29, 1.82) is 0 Å². The van der Waals surface area contributed by atoms with Gasteiger partial charge >= 0.3 is 0 Å². The second-order valence-corrected chi connectivity index (χ2v) is 1.98. The Balaban J connectivity index is 2.17. The first-order valence-corrected chi connectivity index (χ1v) is 3.30. The van der Waals surface area contributed by atoms with Crippen LogP contribution in [-0.4, -0.2) is 31.0 Å². The van der Waals surface area contributed by atoms with Crippen molar-refractivity contribution in [2.75, 3.05) is 19.8 Å². The average Bonchev–Trinajstić information content (AvgIpc) is 2.03. The van der Waals surface area contributed by atoms with Gasteiger partial charge in [0, 0.05) is 25.5 Å². The van der Waals surface area contributed by atoms with E-state index in [2.05, 4.69) is 10.4 Å². The molecule has 0 saturated heterocycles. The molecule has 3 N–H and O–H groups in total. The van der Waals surface area contributed by atoms with Gasteiger partial charge in [-0.15, -0.1) is 0 Å². The molecule has 0 amide bonds. The average molecular weight is 140 g/mol. The molecule has 1 rings (SSSR count). The molecule has 4 heteroatoms. The Labute approximate surface area is 60.4 Å². The largest absolute Gasteiger partial charge is 0.329 e. The van der Waals surface area contributed by atoms with E-state index in [0.717, 1.165) is 6.54 Å². The molecule has 0 aromatic rings. The summed E-state index contributed by atoms with van der Waals surface area (Å²) in [5, 5.41) is 1.90. The SMILES string of the molecule is NCCNN1C=CC=NC1. The fraction of sp³-hybridized carbons (Fsp3) is 0.500. The Hall–Kier alpha value is -0.870. The summed E-state index contributed by atoms with van der Waals surface area (Å²) in [7, 11) is 0. The molecule has 0 unspecified atom stereocenters. The standard InChI is InChI=1S/C6H12N4/c7-2-4-9-10-5-1-3-8-6-10/h1,3,5,9H,2,4,6-7H2. The fourth-order valence-corrected chi connectivity index (χ4v) is 0.696. The lowest BCUT2D eigenvalue weighted by molar-refractivity contribution is 0.281. The highest BCUT2D eigenvalue weighted by atomic mass is 15.5. The summed E-state index contributed by atoms with van der Waals surface area (Å²) in [6, 6.07) is 0. The Morgan fingerprint density at radius 3 is 3.20 bits per heavy atom. The molecule has 1 aliphatic heterocycles. The number of aliphatic imine (C=N–C) groups is 1. The molecule has 0 atom stereocenters. The van der Waals surface area contributed by atoms with E-state index in [1.165, 1.54) is 0 Å². The summed E-state index contributed by atoms with van der Waals surface area (Å²) in [5.74, 6) is 0. The minimum Gasteiger partial charge on any atom is -0.329 e. The summed E-state index contributed by atoms with van der Waals surface area (Å²) >= 11 is 0. The highest BCUT2D eigenvalue weighted by Gasteiger charge is 1.95. The van der Waals surface area contributed by atoms with Crippen molar-refractivity contribution in [3.63, 3.8) is 0 Å². The van der Waals surface area contributed by atoms with E-state index < -0.39 is 0 Å². The van der Waals surface area contributed by atoms with Gasteiger partial charge in [0.1, 0.15) is 6.67 Å². The summed E-state index contributed by atoms with van der Waals surface area (Å²) in [4.78, 5) is 4.02. The van der Waals surface area contributed by atoms with E-state index in [1.54, 1.807) is 6.21 Å². The molecule has 4 nitrogen and oxygen atoms in total. The molecule has 0 fully saturated rings. The van der Waals surface area contributed by atoms with Gasteiger partial charge in [-0.05, 0) is 6.08 Å². The second-order valence-electron chi connectivity index (χ2n) is 1.98. The van der Waals surface area contributed by atoms with Crippen molar-refractivity contribution in [3.05, 3.63) is 12.3 Å². The number of nitrogens with one attached hydrogen (secondary N) is 1. The van der Waals surface area contributed by atoms with Crippen LogP contribution >= 0.6 is 0 Å². The summed E-state index contributed by atoms with van der Waals surface area (Å²) in [5.41, 5.74) is 8.37. The second kappa shape index (κ2) is 4.03. The van der Waals surface area contributed by atoms with Crippen LogP contribution < -0.4 is 11.2 Å². The zero-order valence-electron chi connectivity index (χ0n) is 5.83. The van der Waals surface area contributed by atoms with Crippen LogP contribution in [0.2, 0.25) is 0 Å². The number of rotatable bonds is 3. The molecule has 0 bridgehead atoms. The molecule has 0 aliphatic carbocycles. The third-order valence-electron chi connectivity index (χ3n) is 1.15. The van der Waals surface area contributed by atoms with E-state index >= 15 is 0 Å². The van der Waals surface area contributed by atoms with Gasteiger partial charge in [-0.3, -0.25) is 10.0 Å². The molecule has 0 aromatic heterocycles. The van der Waals surface area contributed by atoms with E-state index in [-0.39, 0.29) is 0 Å². The van der Waals surface area contributed by atoms with Crippen LogP contribution in [0, 0.1) is 0 Å². The topological polar surface area (TPSA) is 53.6 Å². The van der Waals surface area contributed by atoms with Crippen LogP contribution in [0.1, 0.15) is 0 Å². The monoisotopic (exact) mass is 140 g/mol. The molecule has 56 valence electrons. The van der Waals surface area contributed by atoms with Crippen LogP contribution in [0.5, 0.6) is 0 Å². The highest BCUT2D eigenvalue weighted by Crippen LogP contribution is 1.88. The van der Waals surface area contributed by atoms with E-state index in [4.69, 9.17) is 5.73 Å². The van der Waals surface area contributed by atoms with Crippen molar-refractivity contribution >= 4 is 6.21 Å². The van der Waals surface area contributed by atoms with Gasteiger partial charge in [-0.2, -0.15) is 0 Å². The van der Waals surface area contributed by atoms with Gasteiger partial charge in [-0.1, -0.05) is 0 Å². The van der Waals surface area contributed by atoms with Crippen molar-refractivity contribution in [2.24, 2.45) is 10.7 Å². The first kappa shape index (κ1) is 7.24. The van der Waals surface area contributed by atoms with Gasteiger partial charge < -0.3 is 5.73 Å². The van der Waals surface area contributed by atoms with Crippen LogP contribution in [0.4, 0.5) is 0 Å². The number of nitrogens with zero attached hydrogens (tertiary/aromatic N) is 2. The van der Waals surface area contributed by atoms with E-state index in [9.17, 15) is 0 Å². The van der Waals surface area contributed by atoms with Crippen molar-refractivity contribution in [1.82, 2.24) is 10.4 Å². The third-order valence-corrected chi connectivity index (χ3v) is 1.15. The third kappa shape index (κ3) is 2.16. The molecule has 0 spiro atoms. The maximum atomic E-state index is 5.29. The summed E-state index contributed by atoms with van der Waals surface area (Å²) in [6.07, 6.45) is 5.59. The van der Waals surface area contributed by atoms with Gasteiger partial charge in [0.2, 0.25) is 0 Å². The van der Waals surface area contributed by atoms with Gasteiger partial charge in [-0.25, -0.2) is 5.43 Å². The van der Waals surface area contributed by atoms with Crippen molar-refractivity contribution in [3.8, 4) is 0 Å². The lowest BCUT2D eigenvalue weighted by Crippen LogP contribution is -2.37. The van der Waals surface area contributed by atoms with Crippen LogP contribution in [0.15, 0.2) is 17.3 Å². The van der Waals surface area contributed by atoms with Gasteiger partial charge in [0.25, 0.3) is 0 Å². The Morgan fingerprint density at radius 2 is 2.60 bits per heavy atom. The molecule has 0 radical (unpaired) electrons. The Bertz CT molecular complexity index is 141. The molecule has 0 aromatic carbocycles. The van der Waals surface area contributed by atoms with Crippen molar-refractivity contribution in [2.45, 2.75) is 0 Å². The zero-order chi connectivity index (χ0) is 7.23. The zero-order valence-corrected chi connectivity index (χ0v) is 5.83. The number of hydrazine groups is 1. The van der Waals surface area contributed by atoms with E-state index in [0.29, 0.717) is 13.2 Å². The van der Waals surface area contributed by atoms with Crippen LogP contribution in [0.3, 0.4) is 0 Å². The van der Waals surface area contributed by atoms with E-state index in [1.807, 2.05) is 17.3 Å². The minimum atomic E-state index is 0.647. The number of hydrogen-bond acceptors (Lipinski definition) is 4. The molecular formula is C6H12N4. The highest BCUT2D eigenvalue weighted by molar-refractivity contribution is 5.71. The first-order chi connectivity index (χ1) is 4.93. The predicted molar refractivity (Wildman–Crippen MR) is 41.4 cm³/mol. The lowest BCUT2D eigenvalue weighted by atomic mass is 10.6. The first-order valence-electron chi connectivity index (χ1n) is 3.30. The van der Waals surface area contributed by atoms with Crippen molar-refractivity contribution < 1.29 is 0 Å². The number of allylic oxidation sites excluding steroid dienone is 1. The molecule has 10 heavy (non-hydrogen) atoms. The Kier molecular flexibility index (Phi) is 2.92. The maximum Gasteiger partial charge on any atom is 0.124 e. The summed E-state index contributed by atoms with van der Waals surface area (Å²) in [6.45, 7) is 2.12. The Morgan fingerprint density at radius 1 is 1.70 bits per heavy atom. The minimum absolute atomic E-state index is 0.647. The molecule has 0 saturated carbocycles. The molecule has 1 heterocycles. The van der Waals surface area contributed by atoms with Gasteiger partial charge in [0.05, 0.1) is 0 Å². The van der Waals surface area contributed by atoms with Crippen LogP contribution in [-0.2, 0) is 0 Å². The number of hydrogen-bond donors (Lipinski definition) is 2. The predicted octanol–water partition coefficient (Wildman–Crippen LogP) is -0.693. The normalized spacial score (nSPS) is 16.3. The van der Waals surface area contributed by atoms with Crippen LogP contribution in [0.25, 0.3) is 0 Å². The lowest BCUT2D eigenvalue weighted by Gasteiger charge is -2.19.